The van der Waals surface area contributed by atoms with Crippen molar-refractivity contribution in [2.24, 2.45) is 0 Å². The van der Waals surface area contributed by atoms with Gasteiger partial charge in [0.25, 0.3) is 0 Å². The lowest BCUT2D eigenvalue weighted by atomic mass is 9.86. The molecule has 3 nitrogen and oxygen atoms in total. The van der Waals surface area contributed by atoms with Gasteiger partial charge in [-0.3, -0.25) is 4.90 Å². The quantitative estimate of drug-likeness (QED) is 0.918. The van der Waals surface area contributed by atoms with Crippen LogP contribution in [0.4, 0.5) is 0 Å². The highest BCUT2D eigenvalue weighted by atomic mass is 16.5. The van der Waals surface area contributed by atoms with Crippen LogP contribution >= 0.6 is 0 Å². The molecule has 0 amide bonds. The lowest BCUT2D eigenvalue weighted by molar-refractivity contribution is 0.0374. The molecular weight excluding hydrogens is 250 g/mol. The zero-order valence-corrected chi connectivity index (χ0v) is 13.0. The van der Waals surface area contributed by atoms with Crippen molar-refractivity contribution in [1.29, 1.82) is 0 Å². The minimum Gasteiger partial charge on any atom is -0.508 e. The average Bonchev–Trinajstić information content (AvgIpc) is 2.40. The topological polar surface area (TPSA) is 32.7 Å². The molecule has 0 saturated carbocycles. The van der Waals surface area contributed by atoms with Crippen LogP contribution in [0.5, 0.6) is 5.75 Å². The van der Waals surface area contributed by atoms with Gasteiger partial charge in [0.05, 0.1) is 13.2 Å². The largest absolute Gasteiger partial charge is 0.508 e. The Bertz CT molecular complexity index is 431. The number of ether oxygens (including phenoxy) is 1. The minimum absolute atomic E-state index is 0.0871. The van der Waals surface area contributed by atoms with Gasteiger partial charge >= 0.3 is 0 Å². The van der Waals surface area contributed by atoms with Crippen molar-refractivity contribution >= 4 is 0 Å². The van der Waals surface area contributed by atoms with E-state index in [2.05, 4.69) is 37.8 Å². The Hall–Kier alpha value is -1.06. The van der Waals surface area contributed by atoms with Crippen molar-refractivity contribution in [2.45, 2.75) is 39.0 Å². The number of morpholine rings is 1. The van der Waals surface area contributed by atoms with E-state index < -0.39 is 0 Å². The Morgan fingerprint density at radius 2 is 1.90 bits per heavy atom. The molecule has 0 aromatic heterocycles. The number of aryl methyl sites for hydroxylation is 1. The summed E-state index contributed by atoms with van der Waals surface area (Å²) in [6, 6.07) is 6.14. The normalized spacial score (nSPS) is 17.4. The first-order chi connectivity index (χ1) is 9.47. The molecule has 2 rings (SSSR count). The van der Waals surface area contributed by atoms with Crippen molar-refractivity contribution in [3.63, 3.8) is 0 Å². The summed E-state index contributed by atoms with van der Waals surface area (Å²) < 4.78 is 5.35. The summed E-state index contributed by atoms with van der Waals surface area (Å²) in [5.41, 5.74) is 2.34. The maximum absolute atomic E-state index is 10.2. The zero-order chi connectivity index (χ0) is 14.6. The number of phenolic OH excluding ortho intramolecular Hbond substituents is 1. The van der Waals surface area contributed by atoms with Crippen LogP contribution in [-0.2, 0) is 16.6 Å². The molecule has 1 saturated heterocycles. The van der Waals surface area contributed by atoms with Gasteiger partial charge < -0.3 is 9.84 Å². The van der Waals surface area contributed by atoms with E-state index in [0.717, 1.165) is 51.3 Å². The molecule has 0 radical (unpaired) electrons. The number of hydrogen-bond acceptors (Lipinski definition) is 3. The first kappa shape index (κ1) is 15.3. The van der Waals surface area contributed by atoms with Crippen molar-refractivity contribution < 1.29 is 9.84 Å². The molecule has 1 aromatic rings. The molecule has 0 bridgehead atoms. The van der Waals surface area contributed by atoms with Crippen molar-refractivity contribution in [3.8, 4) is 5.75 Å². The Morgan fingerprint density at radius 1 is 1.20 bits per heavy atom. The van der Waals surface area contributed by atoms with Gasteiger partial charge in [-0.15, -0.1) is 0 Å². The summed E-state index contributed by atoms with van der Waals surface area (Å²) in [5, 5.41) is 10.2. The Balaban J connectivity index is 1.86. The second-order valence-corrected chi connectivity index (χ2v) is 6.65. The van der Waals surface area contributed by atoms with Gasteiger partial charge in [0.1, 0.15) is 5.75 Å². The summed E-state index contributed by atoms with van der Waals surface area (Å²) in [5.74, 6) is 0.444. The van der Waals surface area contributed by atoms with E-state index in [9.17, 15) is 5.11 Å². The summed E-state index contributed by atoms with van der Waals surface area (Å²) in [6.07, 6.45) is 2.02. The minimum atomic E-state index is 0.0871. The third kappa shape index (κ3) is 4.22. The Kier molecular flexibility index (Phi) is 5.06. The fraction of sp³-hybridized carbons (Fsp3) is 0.647. The molecule has 1 aromatic carbocycles. The second-order valence-electron chi connectivity index (χ2n) is 6.65. The van der Waals surface area contributed by atoms with Crippen molar-refractivity contribution in [3.05, 3.63) is 29.3 Å². The average molecular weight is 277 g/mol. The van der Waals surface area contributed by atoms with Crippen LogP contribution in [0.3, 0.4) is 0 Å². The number of phenols is 1. The summed E-state index contributed by atoms with van der Waals surface area (Å²) >= 11 is 0. The third-order valence-corrected chi connectivity index (χ3v) is 3.98. The maximum Gasteiger partial charge on any atom is 0.119 e. The number of nitrogens with zero attached hydrogens (tertiary/aromatic N) is 1. The lowest BCUT2D eigenvalue weighted by Crippen LogP contribution is -2.36. The van der Waals surface area contributed by atoms with Crippen LogP contribution in [0.1, 0.15) is 38.3 Å². The van der Waals surface area contributed by atoms with Crippen LogP contribution in [0, 0.1) is 0 Å². The first-order valence-corrected chi connectivity index (χ1v) is 7.59. The SMILES string of the molecule is CC(C)(C)c1ccc(CCCN2CCOCC2)c(O)c1. The summed E-state index contributed by atoms with van der Waals surface area (Å²) in [7, 11) is 0. The van der Waals surface area contributed by atoms with Crippen LogP contribution in [0.25, 0.3) is 0 Å². The highest BCUT2D eigenvalue weighted by Crippen LogP contribution is 2.28. The number of rotatable bonds is 4. The number of hydrogen-bond donors (Lipinski definition) is 1. The molecule has 0 unspecified atom stereocenters. The number of aromatic hydroxyl groups is 1. The van der Waals surface area contributed by atoms with E-state index >= 15 is 0 Å². The maximum atomic E-state index is 10.2. The molecule has 1 aliphatic rings. The molecule has 112 valence electrons. The number of benzene rings is 1. The van der Waals surface area contributed by atoms with Gasteiger partial charge in [0.2, 0.25) is 0 Å². The molecule has 20 heavy (non-hydrogen) atoms. The molecule has 1 aliphatic heterocycles. The fourth-order valence-corrected chi connectivity index (χ4v) is 2.56. The lowest BCUT2D eigenvalue weighted by Gasteiger charge is -2.26. The van der Waals surface area contributed by atoms with Crippen LogP contribution in [-0.4, -0.2) is 42.9 Å². The van der Waals surface area contributed by atoms with Crippen LogP contribution in [0.15, 0.2) is 18.2 Å². The fourth-order valence-electron chi connectivity index (χ4n) is 2.56. The molecule has 1 N–H and O–H groups in total. The summed E-state index contributed by atoms with van der Waals surface area (Å²) in [4.78, 5) is 2.43. The van der Waals surface area contributed by atoms with Crippen LogP contribution < -0.4 is 0 Å². The molecule has 3 heteroatoms. The Morgan fingerprint density at radius 3 is 2.50 bits per heavy atom. The third-order valence-electron chi connectivity index (χ3n) is 3.98. The van der Waals surface area contributed by atoms with Gasteiger partial charge in [-0.05, 0) is 42.0 Å². The zero-order valence-electron chi connectivity index (χ0n) is 13.0. The monoisotopic (exact) mass is 277 g/mol. The highest BCUT2D eigenvalue weighted by Gasteiger charge is 2.15. The standard InChI is InChI=1S/C17H27NO2/c1-17(2,3)15-7-6-14(16(19)13-15)5-4-8-18-9-11-20-12-10-18/h6-7,13,19H,4-5,8-12H2,1-3H3. The van der Waals surface area contributed by atoms with Crippen LogP contribution in [0.2, 0.25) is 0 Å². The van der Waals surface area contributed by atoms with E-state index in [1.807, 2.05) is 6.07 Å². The van der Waals surface area contributed by atoms with Gasteiger partial charge in [-0.1, -0.05) is 32.9 Å². The predicted octanol–water partition coefficient (Wildman–Crippen LogP) is 2.95. The second kappa shape index (κ2) is 6.59. The van der Waals surface area contributed by atoms with Gasteiger partial charge in [0, 0.05) is 13.1 Å². The van der Waals surface area contributed by atoms with Crippen molar-refractivity contribution in [1.82, 2.24) is 4.90 Å². The molecule has 1 fully saturated rings. The smallest absolute Gasteiger partial charge is 0.119 e. The van der Waals surface area contributed by atoms with Gasteiger partial charge in [-0.25, -0.2) is 0 Å². The van der Waals surface area contributed by atoms with Gasteiger partial charge in [-0.2, -0.15) is 0 Å². The van der Waals surface area contributed by atoms with E-state index in [1.54, 1.807) is 0 Å². The van der Waals surface area contributed by atoms with E-state index in [0.29, 0.717) is 5.75 Å². The van der Waals surface area contributed by atoms with E-state index in [1.165, 1.54) is 5.56 Å². The molecular formula is C17H27NO2. The summed E-state index contributed by atoms with van der Waals surface area (Å²) in [6.45, 7) is 11.4. The molecule has 0 aliphatic carbocycles. The predicted molar refractivity (Wildman–Crippen MR) is 82.4 cm³/mol. The van der Waals surface area contributed by atoms with Crippen molar-refractivity contribution in [2.75, 3.05) is 32.8 Å². The molecule has 0 atom stereocenters. The van der Waals surface area contributed by atoms with E-state index in [-0.39, 0.29) is 5.41 Å². The Labute approximate surface area is 122 Å². The van der Waals surface area contributed by atoms with Gasteiger partial charge in [0.15, 0.2) is 0 Å². The first-order valence-electron chi connectivity index (χ1n) is 7.59. The molecule has 1 heterocycles. The molecule has 0 spiro atoms. The highest BCUT2D eigenvalue weighted by molar-refractivity contribution is 5.39. The van der Waals surface area contributed by atoms with E-state index in [4.69, 9.17) is 4.74 Å².